The lowest BCUT2D eigenvalue weighted by Gasteiger charge is -2.46. The minimum atomic E-state index is -1.38. The molecule has 342 valence electrons. The van der Waals surface area contributed by atoms with Gasteiger partial charge in [-0.2, -0.15) is 0 Å². The number of fused-ring (bicyclic) bond motifs is 1. The van der Waals surface area contributed by atoms with Gasteiger partial charge in [-0.1, -0.05) is 32.6 Å². The first-order valence-corrected chi connectivity index (χ1v) is 21.4. The predicted molar refractivity (Wildman–Crippen MR) is 227 cm³/mol. The van der Waals surface area contributed by atoms with Gasteiger partial charge >= 0.3 is 12.1 Å². The molecule has 5 heterocycles. The van der Waals surface area contributed by atoms with Crippen molar-refractivity contribution in [1.29, 1.82) is 0 Å². The second-order valence-corrected chi connectivity index (χ2v) is 17.6. The molecule has 3 aliphatic heterocycles. The van der Waals surface area contributed by atoms with Crippen LogP contribution in [0.5, 0.6) is 0 Å². The number of methoxy groups -OCH3 is 1. The van der Waals surface area contributed by atoms with Crippen LogP contribution in [0, 0.1) is 11.8 Å². The van der Waals surface area contributed by atoms with Crippen LogP contribution in [-0.4, -0.2) is 158 Å². The number of hydrogen-bond acceptors (Lipinski definition) is 14. The molecule has 3 unspecified atom stereocenters. The largest absolute Gasteiger partial charge is 0.458 e. The first-order chi connectivity index (χ1) is 28.3. The van der Waals surface area contributed by atoms with Crippen LogP contribution in [0.25, 0.3) is 11.4 Å². The van der Waals surface area contributed by atoms with Crippen LogP contribution < -0.4 is 0 Å². The first kappa shape index (κ1) is 49.6. The highest BCUT2D eigenvalue weighted by Crippen LogP contribution is 2.41. The second-order valence-electron chi connectivity index (χ2n) is 17.6. The Bertz CT molecular complexity index is 1780. The van der Waals surface area contributed by atoms with E-state index in [1.165, 1.54) is 21.0 Å². The Morgan fingerprint density at radius 1 is 1.07 bits per heavy atom. The maximum atomic E-state index is 14.1. The van der Waals surface area contributed by atoms with Crippen molar-refractivity contribution in [2.24, 2.45) is 11.8 Å². The normalized spacial score (nSPS) is 34.2. The van der Waals surface area contributed by atoms with Crippen molar-refractivity contribution in [3.63, 3.8) is 0 Å². The number of Topliss-reactive ketones (excluding diaryl/α,β-unsaturated/α-hetero) is 1. The van der Waals surface area contributed by atoms with Crippen molar-refractivity contribution in [3.05, 3.63) is 30.6 Å². The van der Waals surface area contributed by atoms with E-state index < -0.39 is 71.7 Å². The van der Waals surface area contributed by atoms with Gasteiger partial charge in [0.05, 0.1) is 41.8 Å². The summed E-state index contributed by atoms with van der Waals surface area (Å²) >= 11 is 0. The van der Waals surface area contributed by atoms with E-state index in [0.717, 1.165) is 5.69 Å². The average Bonchev–Trinajstić information content (AvgIpc) is 3.78. The van der Waals surface area contributed by atoms with Gasteiger partial charge < -0.3 is 38.6 Å². The molecular weight excluding hydrogens is 787 g/mol. The van der Waals surface area contributed by atoms with Gasteiger partial charge in [0, 0.05) is 52.3 Å². The third-order valence-corrected chi connectivity index (χ3v) is 12.8. The molecule has 0 spiro atoms. The lowest BCUT2D eigenvalue weighted by Crippen LogP contribution is -2.62. The van der Waals surface area contributed by atoms with Crippen molar-refractivity contribution < 1.29 is 48.0 Å². The molecule has 0 aliphatic carbocycles. The summed E-state index contributed by atoms with van der Waals surface area (Å²) in [4.78, 5) is 65.4. The van der Waals surface area contributed by atoms with Gasteiger partial charge in [0.1, 0.15) is 29.6 Å². The zero-order valence-electron chi connectivity index (χ0n) is 37.3. The SMILES string of the molecule is C.CC[C@H]1OC(=O)[C@H](C)C(=O)C[C@@H](O[C@@H]2OC(C)CC(N(C)C)C2O)[C@](C)(OC)C[C@@H](C)CN(C(C)=O)[C@H](C)[C@H]2N(CCCCn3cc(-c4ccccn4)nn3)C(=O)O[C@]12C. The second kappa shape index (κ2) is 20.9. The zero-order chi connectivity index (χ0) is 44.1. The number of hydrogen-bond donors (Lipinski definition) is 1. The molecule has 3 fully saturated rings. The molecular formula is C44H71N7O10. The summed E-state index contributed by atoms with van der Waals surface area (Å²) in [6.45, 7) is 15.3. The van der Waals surface area contributed by atoms with Gasteiger partial charge in [0.2, 0.25) is 5.91 Å². The fourth-order valence-corrected chi connectivity index (χ4v) is 9.31. The fourth-order valence-electron chi connectivity index (χ4n) is 9.31. The number of aliphatic hydroxyl groups is 1. The number of aliphatic hydroxyl groups excluding tert-OH is 1. The van der Waals surface area contributed by atoms with Gasteiger partial charge in [-0.05, 0) is 98.9 Å². The standard InChI is InChI=1S/C43H67N7O10.CH4/c1-12-35-43(8)38(49(41(55)60-43)20-16-15-19-48-25-32(45-46-48)31-17-13-14-18-44-31)29(5)50(30(6)51)24-26(2)23-42(7,56-11)36(22-34(52)28(4)39(54)58-35)59-40-37(53)33(47(9)10)21-27(3)57-40;/h13-14,17-18,25-29,33,35-38,40,53H,12,15-16,19-24H2,1-11H3;1H4/t26-,27?,28-,29-,33?,35-,36-,37?,38-,40+,42-,43-;/m1./s1. The minimum Gasteiger partial charge on any atom is -0.458 e. The number of aryl methyl sites for hydroxylation is 1. The maximum absolute atomic E-state index is 14.1. The van der Waals surface area contributed by atoms with Gasteiger partial charge in [0.15, 0.2) is 11.9 Å². The predicted octanol–water partition coefficient (Wildman–Crippen LogP) is 4.75. The topological polar surface area (TPSA) is 188 Å². The molecule has 61 heavy (non-hydrogen) atoms. The molecule has 0 radical (unpaired) electrons. The number of likely N-dealkylation sites (N-methyl/N-ethyl adjacent to an activating group) is 1. The molecule has 0 bridgehead atoms. The van der Waals surface area contributed by atoms with E-state index in [4.69, 9.17) is 23.7 Å². The number of rotatable bonds is 11. The van der Waals surface area contributed by atoms with E-state index in [1.807, 2.05) is 78.0 Å². The molecule has 1 N–H and O–H groups in total. The van der Waals surface area contributed by atoms with Crippen LogP contribution in [-0.2, 0) is 44.6 Å². The minimum absolute atomic E-state index is 0. The van der Waals surface area contributed by atoms with E-state index in [1.54, 1.807) is 27.6 Å². The Kier molecular flexibility index (Phi) is 17.0. The number of pyridine rings is 1. The summed E-state index contributed by atoms with van der Waals surface area (Å²) in [6.07, 6.45) is 0.874. The van der Waals surface area contributed by atoms with E-state index in [-0.39, 0.29) is 50.8 Å². The smallest absolute Gasteiger partial charge is 0.410 e. The molecule has 0 saturated carbocycles. The summed E-state index contributed by atoms with van der Waals surface area (Å²) < 4.78 is 33.0. The zero-order valence-corrected chi connectivity index (χ0v) is 37.3. The molecule has 3 aliphatic rings. The summed E-state index contributed by atoms with van der Waals surface area (Å²) in [6, 6.07) is 4.02. The third-order valence-electron chi connectivity index (χ3n) is 12.8. The van der Waals surface area contributed by atoms with E-state index in [0.29, 0.717) is 44.5 Å². The van der Waals surface area contributed by atoms with Gasteiger partial charge in [0.25, 0.3) is 0 Å². The number of cyclic esters (lactones) is 1. The van der Waals surface area contributed by atoms with Crippen LogP contribution in [0.1, 0.15) is 101 Å². The summed E-state index contributed by atoms with van der Waals surface area (Å²) in [5, 5.41) is 19.9. The third kappa shape index (κ3) is 11.1. The van der Waals surface area contributed by atoms with Crippen molar-refractivity contribution in [3.8, 4) is 11.4 Å². The van der Waals surface area contributed by atoms with Gasteiger partial charge in [-0.25, -0.2) is 4.79 Å². The first-order valence-electron chi connectivity index (χ1n) is 21.4. The molecule has 2 aromatic rings. The van der Waals surface area contributed by atoms with Crippen LogP contribution >= 0.6 is 0 Å². The number of carbonyl (C=O) groups excluding carboxylic acids is 4. The van der Waals surface area contributed by atoms with Crippen LogP contribution in [0.2, 0.25) is 0 Å². The lowest BCUT2D eigenvalue weighted by atomic mass is 9.82. The molecule has 5 rings (SSSR count). The summed E-state index contributed by atoms with van der Waals surface area (Å²) in [7, 11) is 5.30. The molecule has 2 amide bonds. The number of ether oxygens (including phenoxy) is 5. The maximum Gasteiger partial charge on any atom is 0.410 e. The van der Waals surface area contributed by atoms with Crippen molar-refractivity contribution in [2.45, 2.75) is 168 Å². The van der Waals surface area contributed by atoms with Gasteiger partial charge in [-0.3, -0.25) is 28.9 Å². The molecule has 12 atom stereocenters. The highest BCUT2D eigenvalue weighted by Gasteiger charge is 2.59. The van der Waals surface area contributed by atoms with Crippen molar-refractivity contribution in [1.82, 2.24) is 34.7 Å². The van der Waals surface area contributed by atoms with E-state index in [9.17, 15) is 24.3 Å². The van der Waals surface area contributed by atoms with Crippen LogP contribution in [0.4, 0.5) is 4.79 Å². The molecule has 0 aromatic carbocycles. The molecule has 3 saturated heterocycles. The number of unbranched alkanes of at least 4 members (excludes halogenated alkanes) is 1. The molecule has 17 nitrogen and oxygen atoms in total. The molecule has 2 aromatic heterocycles. The summed E-state index contributed by atoms with van der Waals surface area (Å²) in [5.74, 6) is -2.86. The number of carbonyl (C=O) groups is 4. The number of ketones is 1. The lowest BCUT2D eigenvalue weighted by molar-refractivity contribution is -0.289. The summed E-state index contributed by atoms with van der Waals surface area (Å²) in [5.41, 5.74) is -1.14. The van der Waals surface area contributed by atoms with Crippen LogP contribution in [0.15, 0.2) is 30.6 Å². The average molecular weight is 858 g/mol. The number of aromatic nitrogens is 4. The van der Waals surface area contributed by atoms with Crippen LogP contribution in [0.3, 0.4) is 0 Å². The highest BCUT2D eigenvalue weighted by atomic mass is 16.7. The molecule has 17 heteroatoms. The van der Waals surface area contributed by atoms with E-state index >= 15 is 0 Å². The Balaban J connectivity index is 0.00000819. The quantitative estimate of drug-likeness (QED) is 0.185. The highest BCUT2D eigenvalue weighted by molar-refractivity contribution is 5.99. The van der Waals surface area contributed by atoms with E-state index in [2.05, 4.69) is 15.3 Å². The number of nitrogens with zero attached hydrogens (tertiary/aromatic N) is 7. The Morgan fingerprint density at radius 3 is 2.39 bits per heavy atom. The Hall–Kier alpha value is -4.03. The Labute approximate surface area is 361 Å². The monoisotopic (exact) mass is 858 g/mol. The fraction of sp³-hybridized carbons (Fsp3) is 0.750. The number of esters is 1. The van der Waals surface area contributed by atoms with Crippen molar-refractivity contribution >= 4 is 23.8 Å². The van der Waals surface area contributed by atoms with Crippen molar-refractivity contribution in [2.75, 3.05) is 34.3 Å². The number of amides is 2. The Morgan fingerprint density at radius 2 is 1.77 bits per heavy atom. The van der Waals surface area contributed by atoms with Gasteiger partial charge in [-0.15, -0.1) is 5.10 Å².